The standard InChI is InChI=1S/C29H30ClN3O3/c1-18-6-8-22-16-21(25(17-27(34)35)28(22)32-18)9-7-19-4-3-5-20(14-19)15-26(31)29(36)33(2)24-12-10-23(30)11-13-24/h3-6,8,10-14,26H,7,9,15-17,31H2,1-2H3,(H,34,35)/t26-/m0/s1. The number of aromatic nitrogens is 1. The fourth-order valence-electron chi connectivity index (χ4n) is 4.68. The van der Waals surface area contributed by atoms with Gasteiger partial charge in [-0.2, -0.15) is 0 Å². The predicted octanol–water partition coefficient (Wildman–Crippen LogP) is 4.99. The minimum atomic E-state index is -0.845. The van der Waals surface area contributed by atoms with E-state index in [1.54, 1.807) is 36.2 Å². The molecule has 1 heterocycles. The molecule has 0 saturated heterocycles. The van der Waals surface area contributed by atoms with E-state index >= 15 is 0 Å². The van der Waals surface area contributed by atoms with Crippen molar-refractivity contribution >= 4 is 34.7 Å². The summed E-state index contributed by atoms with van der Waals surface area (Å²) in [5.74, 6) is -1.01. The second kappa shape index (κ2) is 11.1. The van der Waals surface area contributed by atoms with Gasteiger partial charge in [0.25, 0.3) is 0 Å². The summed E-state index contributed by atoms with van der Waals surface area (Å²) < 4.78 is 0. The van der Waals surface area contributed by atoms with Crippen molar-refractivity contribution in [3.05, 3.63) is 99.3 Å². The first kappa shape index (κ1) is 25.6. The highest BCUT2D eigenvalue weighted by atomic mass is 35.5. The molecule has 1 aromatic heterocycles. The summed E-state index contributed by atoms with van der Waals surface area (Å²) >= 11 is 5.95. The quantitative estimate of drug-likeness (QED) is 0.428. The number of anilines is 1. The molecule has 0 spiro atoms. The maximum Gasteiger partial charge on any atom is 0.307 e. The number of rotatable bonds is 9. The number of hydrogen-bond acceptors (Lipinski definition) is 4. The van der Waals surface area contributed by atoms with E-state index in [0.717, 1.165) is 64.2 Å². The fourth-order valence-corrected chi connectivity index (χ4v) is 4.81. The Kier molecular flexibility index (Phi) is 7.87. The Morgan fingerprint density at radius 3 is 2.53 bits per heavy atom. The first-order valence-corrected chi connectivity index (χ1v) is 12.3. The molecule has 3 N–H and O–H groups in total. The van der Waals surface area contributed by atoms with E-state index in [1.165, 1.54) is 0 Å². The van der Waals surface area contributed by atoms with Crippen LogP contribution in [0.25, 0.3) is 5.57 Å². The van der Waals surface area contributed by atoms with Crippen molar-refractivity contribution < 1.29 is 14.7 Å². The maximum absolute atomic E-state index is 12.9. The fraction of sp³-hybridized carbons (Fsp3) is 0.276. The minimum Gasteiger partial charge on any atom is -0.481 e. The van der Waals surface area contributed by atoms with Gasteiger partial charge in [-0.3, -0.25) is 14.6 Å². The first-order chi connectivity index (χ1) is 17.2. The summed E-state index contributed by atoms with van der Waals surface area (Å²) in [6, 6.07) is 18.5. The SMILES string of the molecule is Cc1ccc2c(n1)C(CC(=O)O)=C(CCc1cccc(C[C@H](N)C(=O)N(C)c3ccc(Cl)cc3)c1)C2. The number of amides is 1. The Hall–Kier alpha value is -3.48. The van der Waals surface area contributed by atoms with Crippen LogP contribution in [0.1, 0.15) is 40.9 Å². The largest absolute Gasteiger partial charge is 0.481 e. The number of aryl methyl sites for hydroxylation is 2. The van der Waals surface area contributed by atoms with Gasteiger partial charge >= 0.3 is 5.97 Å². The van der Waals surface area contributed by atoms with Gasteiger partial charge in [0, 0.05) is 23.5 Å². The number of aliphatic carboxylic acids is 1. The number of fused-ring (bicyclic) bond motifs is 1. The van der Waals surface area contributed by atoms with Crippen LogP contribution in [0.3, 0.4) is 0 Å². The second-order valence-electron chi connectivity index (χ2n) is 9.29. The maximum atomic E-state index is 12.9. The minimum absolute atomic E-state index is 0.0169. The summed E-state index contributed by atoms with van der Waals surface area (Å²) in [5, 5.41) is 10.1. The van der Waals surface area contributed by atoms with Gasteiger partial charge in [0.05, 0.1) is 18.2 Å². The Morgan fingerprint density at radius 1 is 1.08 bits per heavy atom. The zero-order chi connectivity index (χ0) is 25.8. The molecule has 1 amide bonds. The number of nitrogens with zero attached hydrogens (tertiary/aromatic N) is 2. The third-order valence-electron chi connectivity index (χ3n) is 6.59. The molecular weight excluding hydrogens is 474 g/mol. The highest BCUT2D eigenvalue weighted by Crippen LogP contribution is 2.36. The predicted molar refractivity (Wildman–Crippen MR) is 143 cm³/mol. The van der Waals surface area contributed by atoms with Crippen molar-refractivity contribution in [2.45, 2.75) is 45.1 Å². The number of nitrogens with two attached hydrogens (primary N) is 1. The lowest BCUT2D eigenvalue weighted by atomic mass is 9.97. The van der Waals surface area contributed by atoms with Crippen LogP contribution in [-0.2, 0) is 28.9 Å². The van der Waals surface area contributed by atoms with Crippen LogP contribution in [0.2, 0.25) is 5.02 Å². The molecule has 2 aromatic carbocycles. The van der Waals surface area contributed by atoms with Crippen LogP contribution in [0.15, 0.2) is 66.2 Å². The van der Waals surface area contributed by atoms with Gasteiger partial charge in [-0.25, -0.2) is 0 Å². The summed E-state index contributed by atoms with van der Waals surface area (Å²) in [7, 11) is 1.71. The Morgan fingerprint density at radius 2 is 1.81 bits per heavy atom. The summed E-state index contributed by atoms with van der Waals surface area (Å²) in [5.41, 5.74) is 13.9. The van der Waals surface area contributed by atoms with Crippen LogP contribution in [0, 0.1) is 6.92 Å². The molecule has 1 atom stereocenters. The Balaban J connectivity index is 1.43. The number of carboxylic acid groups (broad SMARTS) is 1. The average molecular weight is 504 g/mol. The van der Waals surface area contributed by atoms with Crippen molar-refractivity contribution in [3.8, 4) is 0 Å². The Labute approximate surface area is 216 Å². The monoisotopic (exact) mass is 503 g/mol. The lowest BCUT2D eigenvalue weighted by Crippen LogP contribution is -2.43. The van der Waals surface area contributed by atoms with E-state index < -0.39 is 12.0 Å². The van der Waals surface area contributed by atoms with Crippen molar-refractivity contribution in [2.24, 2.45) is 5.73 Å². The van der Waals surface area contributed by atoms with Crippen LogP contribution < -0.4 is 10.6 Å². The highest BCUT2D eigenvalue weighted by Gasteiger charge is 2.25. The molecule has 6 nitrogen and oxygen atoms in total. The van der Waals surface area contributed by atoms with Gasteiger partial charge in [-0.05, 0) is 85.2 Å². The third-order valence-corrected chi connectivity index (χ3v) is 6.84. The van der Waals surface area contributed by atoms with E-state index in [-0.39, 0.29) is 12.3 Å². The second-order valence-corrected chi connectivity index (χ2v) is 9.73. The van der Waals surface area contributed by atoms with E-state index in [9.17, 15) is 14.7 Å². The number of pyridine rings is 1. The summed E-state index contributed by atoms with van der Waals surface area (Å²) in [6.07, 6.45) is 2.67. The number of allylic oxidation sites excluding steroid dienone is 1. The van der Waals surface area contributed by atoms with Crippen LogP contribution in [0.4, 0.5) is 5.69 Å². The molecular formula is C29H30ClN3O3. The number of hydrogen-bond donors (Lipinski definition) is 2. The molecule has 0 fully saturated rings. The third kappa shape index (κ3) is 6.01. The van der Waals surface area contributed by atoms with Gasteiger partial charge in [0.15, 0.2) is 0 Å². The summed E-state index contributed by atoms with van der Waals surface area (Å²) in [6.45, 7) is 1.92. The first-order valence-electron chi connectivity index (χ1n) is 12.0. The van der Waals surface area contributed by atoms with Gasteiger partial charge in [0.2, 0.25) is 5.91 Å². The van der Waals surface area contributed by atoms with Gasteiger partial charge < -0.3 is 15.7 Å². The molecule has 1 aliphatic rings. The zero-order valence-corrected chi connectivity index (χ0v) is 21.3. The topological polar surface area (TPSA) is 96.5 Å². The van der Waals surface area contributed by atoms with Crippen molar-refractivity contribution in [1.29, 1.82) is 0 Å². The Bertz CT molecular complexity index is 1320. The van der Waals surface area contributed by atoms with Crippen molar-refractivity contribution in [1.82, 2.24) is 4.98 Å². The lowest BCUT2D eigenvalue weighted by molar-refractivity contribution is -0.135. The number of carbonyl (C=O) groups is 2. The average Bonchev–Trinajstić information content (AvgIpc) is 3.18. The van der Waals surface area contributed by atoms with Crippen LogP contribution in [0.5, 0.6) is 0 Å². The number of carbonyl (C=O) groups excluding carboxylic acids is 1. The molecule has 7 heteroatoms. The van der Waals surface area contributed by atoms with Crippen molar-refractivity contribution in [2.75, 3.05) is 11.9 Å². The van der Waals surface area contributed by atoms with Crippen LogP contribution in [-0.4, -0.2) is 35.1 Å². The normalized spacial score (nSPS) is 13.4. The molecule has 0 aliphatic heterocycles. The molecule has 0 bridgehead atoms. The smallest absolute Gasteiger partial charge is 0.307 e. The van der Waals surface area contributed by atoms with Gasteiger partial charge in [-0.1, -0.05) is 47.5 Å². The van der Waals surface area contributed by atoms with E-state index in [4.69, 9.17) is 17.3 Å². The van der Waals surface area contributed by atoms with Crippen molar-refractivity contribution in [3.63, 3.8) is 0 Å². The van der Waals surface area contributed by atoms with E-state index in [0.29, 0.717) is 11.4 Å². The van der Waals surface area contributed by atoms with Gasteiger partial charge in [0.1, 0.15) is 0 Å². The molecule has 186 valence electrons. The molecule has 36 heavy (non-hydrogen) atoms. The van der Waals surface area contributed by atoms with Crippen LogP contribution >= 0.6 is 11.6 Å². The number of carboxylic acids is 1. The lowest BCUT2D eigenvalue weighted by Gasteiger charge is -2.21. The molecule has 0 unspecified atom stereocenters. The molecule has 0 saturated carbocycles. The van der Waals surface area contributed by atoms with E-state index in [2.05, 4.69) is 17.1 Å². The molecule has 3 aromatic rings. The van der Waals surface area contributed by atoms with Gasteiger partial charge in [-0.15, -0.1) is 0 Å². The molecule has 0 radical (unpaired) electrons. The molecule has 4 rings (SSSR count). The highest BCUT2D eigenvalue weighted by molar-refractivity contribution is 6.30. The van der Waals surface area contributed by atoms with E-state index in [1.807, 2.05) is 31.2 Å². The molecule has 1 aliphatic carbocycles. The number of likely N-dealkylation sites (N-methyl/N-ethyl adjacent to an activating group) is 1. The number of benzene rings is 2. The summed E-state index contributed by atoms with van der Waals surface area (Å²) in [4.78, 5) is 30.6. The number of halogens is 1. The zero-order valence-electron chi connectivity index (χ0n) is 20.5.